The van der Waals surface area contributed by atoms with Gasteiger partial charge in [-0.25, -0.2) is 0 Å². The van der Waals surface area contributed by atoms with Crippen LogP contribution in [-0.2, 0) is 10.8 Å². The molecule has 0 aliphatic heterocycles. The van der Waals surface area contributed by atoms with Crippen LogP contribution in [0.4, 0.5) is 0 Å². The molecule has 0 saturated carbocycles. The first-order chi connectivity index (χ1) is 7.25. The minimum atomic E-state index is -1.04. The van der Waals surface area contributed by atoms with Gasteiger partial charge in [0.1, 0.15) is 0 Å². The monoisotopic (exact) mass is 241 g/mol. The third-order valence-electron chi connectivity index (χ3n) is 1.95. The molecule has 0 aliphatic rings. The van der Waals surface area contributed by atoms with E-state index in [0.29, 0.717) is 22.1 Å². The Labute approximate surface area is 97.3 Å². The molecule has 0 heterocycles. The van der Waals surface area contributed by atoms with Gasteiger partial charge < -0.3 is 0 Å². The van der Waals surface area contributed by atoms with E-state index in [1.807, 2.05) is 12.1 Å². The van der Waals surface area contributed by atoms with Gasteiger partial charge in [0.2, 0.25) is 0 Å². The summed E-state index contributed by atoms with van der Waals surface area (Å²) < 4.78 is 11.8. The van der Waals surface area contributed by atoms with Crippen LogP contribution < -0.4 is 0 Å². The van der Waals surface area contributed by atoms with Gasteiger partial charge in [0.25, 0.3) is 0 Å². The normalized spacial score (nSPS) is 12.0. The number of nitrogens with zero attached hydrogens (tertiary/aromatic N) is 1. The Morgan fingerprint density at radius 2 is 2.07 bits per heavy atom. The summed E-state index contributed by atoms with van der Waals surface area (Å²) in [5.41, 5.74) is 0. The second-order valence-corrected chi connectivity index (χ2v) is 5.04. The van der Waals surface area contributed by atoms with Crippen LogP contribution in [0.5, 0.6) is 0 Å². The van der Waals surface area contributed by atoms with Crippen molar-refractivity contribution in [2.75, 3.05) is 5.75 Å². The molecule has 1 unspecified atom stereocenters. The molecule has 0 saturated heterocycles. The average Bonchev–Trinajstić information content (AvgIpc) is 2.25. The first-order valence-corrected chi connectivity index (χ1v) is 6.45. The van der Waals surface area contributed by atoms with Crippen molar-refractivity contribution >= 4 is 22.4 Å². The Balaban J connectivity index is 2.48. The number of benzene rings is 1. The first-order valence-electron chi connectivity index (χ1n) is 4.75. The lowest BCUT2D eigenvalue weighted by Crippen LogP contribution is -1.98. The predicted molar refractivity (Wildman–Crippen MR) is 62.2 cm³/mol. The Kier molecular flexibility index (Phi) is 5.38. The van der Waals surface area contributed by atoms with E-state index in [1.165, 1.54) is 0 Å². The van der Waals surface area contributed by atoms with E-state index >= 15 is 0 Å². The van der Waals surface area contributed by atoms with Crippen LogP contribution in [0.2, 0.25) is 5.02 Å². The molecular weight excluding hydrogens is 230 g/mol. The minimum absolute atomic E-state index is 0.528. The number of hydrogen-bond acceptors (Lipinski definition) is 2. The van der Waals surface area contributed by atoms with Gasteiger partial charge in [-0.05, 0) is 25.0 Å². The lowest BCUT2D eigenvalue weighted by Gasteiger charge is -2.03. The second-order valence-electron chi connectivity index (χ2n) is 3.10. The van der Waals surface area contributed by atoms with Gasteiger partial charge in [-0.2, -0.15) is 5.26 Å². The molecule has 15 heavy (non-hydrogen) atoms. The topological polar surface area (TPSA) is 40.9 Å². The molecule has 1 atom stereocenters. The van der Waals surface area contributed by atoms with Crippen LogP contribution in [0.3, 0.4) is 0 Å². The minimum Gasteiger partial charge on any atom is -0.254 e. The summed E-state index contributed by atoms with van der Waals surface area (Å²) in [6.07, 6.45) is 2.12. The lowest BCUT2D eigenvalue weighted by molar-refractivity contribution is 0.678. The van der Waals surface area contributed by atoms with Gasteiger partial charge >= 0.3 is 0 Å². The molecule has 1 aromatic rings. The van der Waals surface area contributed by atoms with Crippen LogP contribution in [0, 0.1) is 11.3 Å². The molecule has 1 aromatic carbocycles. The summed E-state index contributed by atoms with van der Waals surface area (Å²) >= 11 is 5.91. The van der Waals surface area contributed by atoms with Gasteiger partial charge in [0.15, 0.2) is 0 Å². The SMILES string of the molecule is N#CCCCCS(=O)c1ccccc1Cl. The van der Waals surface area contributed by atoms with Crippen LogP contribution in [0.25, 0.3) is 0 Å². The Morgan fingerprint density at radius 3 is 2.73 bits per heavy atom. The summed E-state index contributed by atoms with van der Waals surface area (Å²) in [7, 11) is -1.04. The zero-order chi connectivity index (χ0) is 11.1. The molecule has 0 aliphatic carbocycles. The fourth-order valence-electron chi connectivity index (χ4n) is 1.18. The summed E-state index contributed by atoms with van der Waals surface area (Å²) in [5.74, 6) is 0.575. The Bertz CT molecular complexity index is 386. The third kappa shape index (κ3) is 4.03. The predicted octanol–water partition coefficient (Wildman–Crippen LogP) is 3.14. The smallest absolute Gasteiger partial charge is 0.0621 e. The van der Waals surface area contributed by atoms with Crippen molar-refractivity contribution in [1.29, 1.82) is 5.26 Å². The van der Waals surface area contributed by atoms with Crippen LogP contribution in [0.1, 0.15) is 19.3 Å². The molecule has 4 heteroatoms. The van der Waals surface area contributed by atoms with E-state index in [-0.39, 0.29) is 0 Å². The third-order valence-corrected chi connectivity index (χ3v) is 3.90. The number of nitriles is 1. The highest BCUT2D eigenvalue weighted by Gasteiger charge is 2.06. The number of halogens is 1. The highest BCUT2D eigenvalue weighted by Crippen LogP contribution is 2.19. The number of hydrogen-bond donors (Lipinski definition) is 0. The zero-order valence-corrected chi connectivity index (χ0v) is 9.85. The van der Waals surface area contributed by atoms with Crippen molar-refractivity contribution in [3.63, 3.8) is 0 Å². The van der Waals surface area contributed by atoms with Crippen LogP contribution in [0.15, 0.2) is 29.2 Å². The molecule has 0 N–H and O–H groups in total. The molecule has 2 nitrogen and oxygen atoms in total. The van der Waals surface area contributed by atoms with Gasteiger partial charge in [-0.1, -0.05) is 23.7 Å². The quantitative estimate of drug-likeness (QED) is 0.743. The highest BCUT2D eigenvalue weighted by molar-refractivity contribution is 7.85. The average molecular weight is 242 g/mol. The summed E-state index contributed by atoms with van der Waals surface area (Å²) in [6, 6.07) is 9.23. The molecule has 1 rings (SSSR count). The molecule has 0 bridgehead atoms. The molecule has 80 valence electrons. The van der Waals surface area contributed by atoms with E-state index in [9.17, 15) is 4.21 Å². The van der Waals surface area contributed by atoms with Crippen molar-refractivity contribution in [2.45, 2.75) is 24.2 Å². The van der Waals surface area contributed by atoms with Crippen molar-refractivity contribution in [2.24, 2.45) is 0 Å². The molecular formula is C11H12ClNOS. The molecule has 0 aromatic heterocycles. The van der Waals surface area contributed by atoms with Crippen LogP contribution in [-0.4, -0.2) is 9.96 Å². The van der Waals surface area contributed by atoms with Crippen molar-refractivity contribution in [3.8, 4) is 6.07 Å². The van der Waals surface area contributed by atoms with E-state index < -0.39 is 10.8 Å². The fraction of sp³-hybridized carbons (Fsp3) is 0.364. The Morgan fingerprint density at radius 1 is 1.33 bits per heavy atom. The van der Waals surface area contributed by atoms with Crippen LogP contribution >= 0.6 is 11.6 Å². The van der Waals surface area contributed by atoms with E-state index in [4.69, 9.17) is 16.9 Å². The molecule has 0 spiro atoms. The highest BCUT2D eigenvalue weighted by atomic mass is 35.5. The number of rotatable bonds is 5. The van der Waals surface area contributed by atoms with Gasteiger partial charge in [-0.3, -0.25) is 4.21 Å². The zero-order valence-electron chi connectivity index (χ0n) is 8.28. The maximum atomic E-state index is 11.8. The standard InChI is InChI=1S/C11H12ClNOS/c12-10-6-2-3-7-11(10)15(14)9-5-1-4-8-13/h2-3,6-7H,1,4-5,9H2. The molecule has 0 amide bonds. The van der Waals surface area contributed by atoms with Gasteiger partial charge in [-0.15, -0.1) is 0 Å². The summed E-state index contributed by atoms with van der Waals surface area (Å²) in [5, 5.41) is 8.90. The van der Waals surface area contributed by atoms with E-state index in [0.717, 1.165) is 12.8 Å². The largest absolute Gasteiger partial charge is 0.254 e. The van der Waals surface area contributed by atoms with Crippen molar-refractivity contribution in [3.05, 3.63) is 29.3 Å². The first kappa shape index (κ1) is 12.2. The summed E-state index contributed by atoms with van der Waals surface area (Å²) in [4.78, 5) is 0.691. The van der Waals surface area contributed by atoms with Crippen molar-refractivity contribution < 1.29 is 4.21 Å². The molecule has 0 fully saturated rings. The van der Waals surface area contributed by atoms with E-state index in [2.05, 4.69) is 6.07 Å². The maximum Gasteiger partial charge on any atom is 0.0621 e. The number of unbranched alkanes of at least 4 members (excludes halogenated alkanes) is 2. The lowest BCUT2D eigenvalue weighted by atomic mass is 10.3. The fourth-order valence-corrected chi connectivity index (χ4v) is 2.77. The Hall–Kier alpha value is -0.850. The van der Waals surface area contributed by atoms with Gasteiger partial charge in [0, 0.05) is 12.2 Å². The second kappa shape index (κ2) is 6.60. The van der Waals surface area contributed by atoms with Crippen molar-refractivity contribution in [1.82, 2.24) is 0 Å². The maximum absolute atomic E-state index is 11.8. The molecule has 0 radical (unpaired) electrons. The van der Waals surface area contributed by atoms with E-state index in [1.54, 1.807) is 12.1 Å². The summed E-state index contributed by atoms with van der Waals surface area (Å²) in [6.45, 7) is 0. The van der Waals surface area contributed by atoms with Gasteiger partial charge in [0.05, 0.1) is 26.8 Å².